The highest BCUT2D eigenvalue weighted by molar-refractivity contribution is 7.92. The standard InChI is InChI=1S/C18H19NO4S/c1-11-3-4-16(12(2)9-11)24(20,21)19-17-14-6-8-22-15(14)10-13-5-7-23-18(13)17/h3-4,9-10,19H,5-8H2,1-2H3. The second kappa shape index (κ2) is 5.41. The summed E-state index contributed by atoms with van der Waals surface area (Å²) < 4.78 is 40.0. The fraction of sp³-hybridized carbons (Fsp3) is 0.333. The van der Waals surface area contributed by atoms with Crippen LogP contribution in [0.4, 0.5) is 5.69 Å². The lowest BCUT2D eigenvalue weighted by molar-refractivity contribution is 0.356. The Morgan fingerprint density at radius 3 is 2.62 bits per heavy atom. The minimum Gasteiger partial charge on any atom is -0.493 e. The minimum atomic E-state index is -3.69. The molecule has 0 fully saturated rings. The van der Waals surface area contributed by atoms with Crippen LogP contribution >= 0.6 is 0 Å². The molecule has 0 saturated carbocycles. The SMILES string of the molecule is Cc1ccc(S(=O)(=O)Nc2c3c(cc4c2OCC4)OCC3)c(C)c1. The molecule has 0 amide bonds. The van der Waals surface area contributed by atoms with E-state index >= 15 is 0 Å². The Bertz CT molecular complexity index is 902. The lowest BCUT2D eigenvalue weighted by atomic mass is 10.0. The van der Waals surface area contributed by atoms with Crippen molar-refractivity contribution in [2.75, 3.05) is 17.9 Å². The van der Waals surface area contributed by atoms with Crippen LogP contribution in [-0.4, -0.2) is 21.6 Å². The first-order valence-corrected chi connectivity index (χ1v) is 9.48. The van der Waals surface area contributed by atoms with Crippen molar-refractivity contribution in [3.63, 3.8) is 0 Å². The van der Waals surface area contributed by atoms with Crippen LogP contribution in [0.25, 0.3) is 0 Å². The molecule has 2 aliphatic heterocycles. The summed E-state index contributed by atoms with van der Waals surface area (Å²) in [4.78, 5) is 0.288. The van der Waals surface area contributed by atoms with Crippen molar-refractivity contribution < 1.29 is 17.9 Å². The molecule has 2 heterocycles. The number of rotatable bonds is 3. The molecule has 0 aromatic heterocycles. The summed E-state index contributed by atoms with van der Waals surface area (Å²) in [5.41, 5.74) is 4.17. The largest absolute Gasteiger partial charge is 0.493 e. The molecule has 5 nitrogen and oxygen atoms in total. The van der Waals surface area contributed by atoms with Gasteiger partial charge in [0.15, 0.2) is 0 Å². The summed E-state index contributed by atoms with van der Waals surface area (Å²) in [6.07, 6.45) is 1.45. The molecule has 4 rings (SSSR count). The number of fused-ring (bicyclic) bond motifs is 2. The minimum absolute atomic E-state index is 0.288. The molecule has 126 valence electrons. The summed E-state index contributed by atoms with van der Waals surface area (Å²) in [6, 6.07) is 7.29. The third kappa shape index (κ3) is 2.41. The van der Waals surface area contributed by atoms with Crippen LogP contribution in [0.5, 0.6) is 11.5 Å². The molecule has 0 spiro atoms. The molecule has 2 aromatic carbocycles. The lowest BCUT2D eigenvalue weighted by Gasteiger charge is -2.16. The van der Waals surface area contributed by atoms with Crippen molar-refractivity contribution >= 4 is 15.7 Å². The van der Waals surface area contributed by atoms with Crippen LogP contribution in [0.3, 0.4) is 0 Å². The fourth-order valence-corrected chi connectivity index (χ4v) is 4.71. The second-order valence-electron chi connectivity index (χ2n) is 6.29. The van der Waals surface area contributed by atoms with E-state index in [-0.39, 0.29) is 4.90 Å². The van der Waals surface area contributed by atoms with E-state index in [4.69, 9.17) is 9.47 Å². The topological polar surface area (TPSA) is 64.6 Å². The molecule has 0 aliphatic carbocycles. The molecule has 0 radical (unpaired) electrons. The Kier molecular flexibility index (Phi) is 3.46. The summed E-state index contributed by atoms with van der Waals surface area (Å²) in [6.45, 7) is 4.88. The Labute approximate surface area is 141 Å². The maximum Gasteiger partial charge on any atom is 0.262 e. The molecule has 2 aliphatic rings. The van der Waals surface area contributed by atoms with Gasteiger partial charge in [0.05, 0.1) is 23.8 Å². The number of anilines is 1. The third-order valence-electron chi connectivity index (χ3n) is 4.51. The number of hydrogen-bond donors (Lipinski definition) is 1. The Hall–Kier alpha value is -2.21. The van der Waals surface area contributed by atoms with Gasteiger partial charge in [-0.05, 0) is 31.5 Å². The van der Waals surface area contributed by atoms with Crippen molar-refractivity contribution in [3.05, 3.63) is 46.5 Å². The third-order valence-corrected chi connectivity index (χ3v) is 6.02. The predicted molar refractivity (Wildman–Crippen MR) is 91.6 cm³/mol. The smallest absolute Gasteiger partial charge is 0.262 e. The summed E-state index contributed by atoms with van der Waals surface area (Å²) in [5.74, 6) is 1.41. The van der Waals surface area contributed by atoms with Gasteiger partial charge in [0.25, 0.3) is 10.0 Å². The van der Waals surface area contributed by atoms with Gasteiger partial charge >= 0.3 is 0 Å². The first-order valence-electron chi connectivity index (χ1n) is 8.00. The number of hydrogen-bond acceptors (Lipinski definition) is 4. The van der Waals surface area contributed by atoms with Gasteiger partial charge in [-0.1, -0.05) is 17.7 Å². The zero-order valence-corrected chi connectivity index (χ0v) is 14.5. The van der Waals surface area contributed by atoms with E-state index in [1.54, 1.807) is 19.1 Å². The van der Waals surface area contributed by atoms with Crippen LogP contribution in [0.15, 0.2) is 29.2 Å². The average molecular weight is 345 g/mol. The van der Waals surface area contributed by atoms with Gasteiger partial charge in [-0.3, -0.25) is 4.72 Å². The van der Waals surface area contributed by atoms with Crippen LogP contribution < -0.4 is 14.2 Å². The zero-order chi connectivity index (χ0) is 16.9. The summed E-state index contributed by atoms with van der Waals surface area (Å²) in [7, 11) is -3.69. The van der Waals surface area contributed by atoms with Crippen LogP contribution in [0.1, 0.15) is 22.3 Å². The molecule has 2 aromatic rings. The highest BCUT2D eigenvalue weighted by Crippen LogP contribution is 2.45. The molecule has 1 N–H and O–H groups in total. The van der Waals surface area contributed by atoms with Gasteiger partial charge in [0, 0.05) is 24.0 Å². The van der Waals surface area contributed by atoms with E-state index < -0.39 is 10.0 Å². The van der Waals surface area contributed by atoms with E-state index in [1.807, 2.05) is 19.1 Å². The average Bonchev–Trinajstić information content (AvgIpc) is 3.14. The molecular formula is C18H19NO4S. The maximum atomic E-state index is 12.9. The van der Waals surface area contributed by atoms with Crippen molar-refractivity contribution in [1.82, 2.24) is 0 Å². The van der Waals surface area contributed by atoms with Gasteiger partial charge in [-0.25, -0.2) is 8.42 Å². The van der Waals surface area contributed by atoms with Crippen LogP contribution in [0.2, 0.25) is 0 Å². The zero-order valence-electron chi connectivity index (χ0n) is 13.7. The fourth-order valence-electron chi connectivity index (χ4n) is 3.38. The molecule has 0 atom stereocenters. The molecule has 0 unspecified atom stereocenters. The van der Waals surface area contributed by atoms with Crippen LogP contribution in [0, 0.1) is 13.8 Å². The maximum absolute atomic E-state index is 12.9. The molecule has 24 heavy (non-hydrogen) atoms. The van der Waals surface area contributed by atoms with Crippen LogP contribution in [-0.2, 0) is 22.9 Å². The number of ether oxygens (including phenoxy) is 2. The van der Waals surface area contributed by atoms with E-state index in [9.17, 15) is 8.42 Å². The number of benzene rings is 2. The molecular weight excluding hydrogens is 326 g/mol. The van der Waals surface area contributed by atoms with Crippen molar-refractivity contribution in [1.29, 1.82) is 0 Å². The first kappa shape index (κ1) is 15.3. The van der Waals surface area contributed by atoms with Crippen molar-refractivity contribution in [3.8, 4) is 11.5 Å². The first-order chi connectivity index (χ1) is 11.5. The van der Waals surface area contributed by atoms with Gasteiger partial charge in [-0.2, -0.15) is 0 Å². The van der Waals surface area contributed by atoms with Gasteiger partial charge in [-0.15, -0.1) is 0 Å². The summed E-state index contributed by atoms with van der Waals surface area (Å²) in [5, 5.41) is 0. The number of aryl methyl sites for hydroxylation is 2. The second-order valence-corrected chi connectivity index (χ2v) is 7.94. The van der Waals surface area contributed by atoms with E-state index in [0.29, 0.717) is 31.1 Å². The Morgan fingerprint density at radius 2 is 1.83 bits per heavy atom. The van der Waals surface area contributed by atoms with Crippen molar-refractivity contribution in [2.45, 2.75) is 31.6 Å². The van der Waals surface area contributed by atoms with Gasteiger partial charge in [0.1, 0.15) is 11.5 Å². The van der Waals surface area contributed by atoms with Gasteiger partial charge in [0.2, 0.25) is 0 Å². The summed E-state index contributed by atoms with van der Waals surface area (Å²) >= 11 is 0. The quantitative estimate of drug-likeness (QED) is 0.929. The van der Waals surface area contributed by atoms with Gasteiger partial charge < -0.3 is 9.47 Å². The lowest BCUT2D eigenvalue weighted by Crippen LogP contribution is -2.16. The number of sulfonamides is 1. The molecule has 0 bridgehead atoms. The van der Waals surface area contributed by atoms with Crippen molar-refractivity contribution in [2.24, 2.45) is 0 Å². The highest BCUT2D eigenvalue weighted by atomic mass is 32.2. The van der Waals surface area contributed by atoms with E-state index in [1.165, 1.54) is 0 Å². The molecule has 0 saturated heterocycles. The normalized spacial score (nSPS) is 15.4. The van der Waals surface area contributed by atoms with E-state index in [2.05, 4.69) is 4.72 Å². The molecule has 6 heteroatoms. The Morgan fingerprint density at radius 1 is 1.04 bits per heavy atom. The monoisotopic (exact) mass is 345 g/mol. The highest BCUT2D eigenvalue weighted by Gasteiger charge is 2.29. The predicted octanol–water partition coefficient (Wildman–Crippen LogP) is 2.97. The Balaban J connectivity index is 1.81. The number of nitrogens with one attached hydrogen (secondary N) is 1. The van der Waals surface area contributed by atoms with E-state index in [0.717, 1.165) is 34.4 Å².